The zero-order valence-electron chi connectivity index (χ0n) is 16.0. The summed E-state index contributed by atoms with van der Waals surface area (Å²) in [4.78, 5) is 23.0. The third kappa shape index (κ3) is 3.86. The summed E-state index contributed by atoms with van der Waals surface area (Å²) in [6, 6.07) is 8.71. The van der Waals surface area contributed by atoms with Crippen molar-refractivity contribution in [3.05, 3.63) is 40.8 Å². The normalized spacial score (nSPS) is 16.2. The fraction of sp³-hybridized carbons (Fsp3) is 0.450. The van der Waals surface area contributed by atoms with Crippen molar-refractivity contribution in [2.24, 2.45) is 13.0 Å². The van der Waals surface area contributed by atoms with E-state index >= 15 is 0 Å². The molecule has 1 saturated carbocycles. The molecule has 1 aromatic heterocycles. The number of hydrogen-bond donors (Lipinski definition) is 2. The highest BCUT2D eigenvalue weighted by molar-refractivity contribution is 6.84. The van der Waals surface area contributed by atoms with Gasteiger partial charge in [-0.05, 0) is 48.7 Å². The largest absolute Gasteiger partial charge is 0.491 e. The topological polar surface area (TPSA) is 63.5 Å². The molecule has 1 aliphatic carbocycles. The van der Waals surface area contributed by atoms with Crippen LogP contribution in [0.2, 0.25) is 12.6 Å². The van der Waals surface area contributed by atoms with Crippen LogP contribution in [0.25, 0.3) is 11.1 Å². The average Bonchev–Trinajstić information content (AvgIpc) is 3.46. The number of nitrogens with zero attached hydrogens (tertiary/aromatic N) is 1. The minimum Gasteiger partial charge on any atom is -0.491 e. The zero-order chi connectivity index (χ0) is 18.9. The van der Waals surface area contributed by atoms with Crippen molar-refractivity contribution in [1.29, 1.82) is 0 Å². The van der Waals surface area contributed by atoms with Gasteiger partial charge in [0, 0.05) is 36.6 Å². The molecule has 1 heterocycles. The number of pyridine rings is 1. The Morgan fingerprint density at radius 2 is 2.08 bits per heavy atom. The van der Waals surface area contributed by atoms with Gasteiger partial charge in [0.1, 0.15) is 0 Å². The molecule has 0 radical (unpaired) electrons. The third-order valence-corrected chi connectivity index (χ3v) is 8.22. The summed E-state index contributed by atoms with van der Waals surface area (Å²) in [5.74, 6) is 1.08. The molecule has 1 aromatic carbocycles. The highest BCUT2D eigenvalue weighted by Crippen LogP contribution is 2.32. The summed E-state index contributed by atoms with van der Waals surface area (Å²) >= 11 is 0. The molecule has 1 atom stereocenters. The van der Waals surface area contributed by atoms with Crippen molar-refractivity contribution in [3.63, 3.8) is 0 Å². The van der Waals surface area contributed by atoms with Crippen LogP contribution in [0.5, 0.6) is 5.75 Å². The Bertz CT molecular complexity index is 857. The first-order chi connectivity index (χ1) is 12.4. The molecule has 2 N–H and O–H groups in total. The molecule has 2 aromatic rings. The van der Waals surface area contributed by atoms with Crippen molar-refractivity contribution in [1.82, 2.24) is 4.57 Å². The quantitative estimate of drug-likeness (QED) is 0.734. The van der Waals surface area contributed by atoms with Gasteiger partial charge in [0.15, 0.2) is 5.75 Å². The average molecular weight is 373 g/mol. The molecular weight excluding hydrogens is 344 g/mol. The number of anilines is 1. The molecule has 1 aliphatic rings. The lowest BCUT2D eigenvalue weighted by Gasteiger charge is -2.22. The monoisotopic (exact) mass is 372 g/mol. The van der Waals surface area contributed by atoms with E-state index in [9.17, 15) is 9.59 Å². The van der Waals surface area contributed by atoms with Crippen molar-refractivity contribution in [2.75, 3.05) is 19.0 Å². The van der Waals surface area contributed by atoms with E-state index in [-0.39, 0.29) is 5.56 Å². The Kier molecular flexibility index (Phi) is 5.25. The number of hydrogen-bond acceptors (Lipinski definition) is 4. The highest BCUT2D eigenvalue weighted by Gasteiger charge is 2.26. The van der Waals surface area contributed by atoms with Crippen molar-refractivity contribution in [2.45, 2.75) is 32.4 Å². The summed E-state index contributed by atoms with van der Waals surface area (Å²) in [5.41, 5.74) is 2.78. The van der Waals surface area contributed by atoms with Gasteiger partial charge in [-0.1, -0.05) is 19.1 Å². The molecule has 0 amide bonds. The number of ether oxygens (including phenoxy) is 1. The van der Waals surface area contributed by atoms with Crippen LogP contribution in [0.15, 0.2) is 35.3 Å². The second-order valence-electron chi connectivity index (χ2n) is 7.43. The van der Waals surface area contributed by atoms with Crippen molar-refractivity contribution >= 4 is 19.2 Å². The van der Waals surface area contributed by atoms with E-state index in [1.807, 2.05) is 25.7 Å². The molecule has 26 heavy (non-hydrogen) atoms. The standard InChI is InChI=1S/C20H28N2O3Si/c1-5-26(4,24)16-8-9-18(21-12-14-6-7-14)17(11-16)15-10-19(25-3)20(23)22(2)13-15/h8-11,13-14,21,24H,5-7,12H2,1-4H3. The first-order valence-electron chi connectivity index (χ1n) is 9.21. The second-order valence-corrected chi connectivity index (χ2v) is 11.3. The molecule has 140 valence electrons. The van der Waals surface area contributed by atoms with Crippen LogP contribution < -0.4 is 20.8 Å². The Labute approximate surface area is 155 Å². The maximum absolute atomic E-state index is 12.2. The van der Waals surface area contributed by atoms with Gasteiger partial charge in [0.25, 0.3) is 5.56 Å². The van der Waals surface area contributed by atoms with Crippen LogP contribution in [0.4, 0.5) is 5.69 Å². The molecule has 1 unspecified atom stereocenters. The number of aromatic nitrogens is 1. The van der Waals surface area contributed by atoms with Gasteiger partial charge in [-0.3, -0.25) is 4.79 Å². The van der Waals surface area contributed by atoms with Gasteiger partial charge >= 0.3 is 0 Å². The number of aryl methyl sites for hydroxylation is 1. The summed E-state index contributed by atoms with van der Waals surface area (Å²) < 4.78 is 6.80. The molecule has 0 bridgehead atoms. The maximum Gasteiger partial charge on any atom is 0.292 e. The van der Waals surface area contributed by atoms with E-state index in [1.165, 1.54) is 20.0 Å². The van der Waals surface area contributed by atoms with Crippen molar-refractivity contribution < 1.29 is 9.53 Å². The Hall–Kier alpha value is -2.05. The van der Waals surface area contributed by atoms with Crippen LogP contribution in [-0.2, 0) is 7.05 Å². The number of benzene rings is 1. The smallest absolute Gasteiger partial charge is 0.292 e. The van der Waals surface area contributed by atoms with E-state index in [1.54, 1.807) is 17.7 Å². The molecule has 3 rings (SSSR count). The first kappa shape index (κ1) is 18.7. The van der Waals surface area contributed by atoms with E-state index < -0.39 is 8.32 Å². The van der Waals surface area contributed by atoms with Gasteiger partial charge < -0.3 is 19.4 Å². The third-order valence-electron chi connectivity index (χ3n) is 5.29. The lowest BCUT2D eigenvalue weighted by molar-refractivity contribution is 0.405. The van der Waals surface area contributed by atoms with Gasteiger partial charge in [-0.25, -0.2) is 0 Å². The summed E-state index contributed by atoms with van der Waals surface area (Å²) in [5, 5.41) is 4.55. The molecule has 0 aliphatic heterocycles. The maximum atomic E-state index is 12.2. The fourth-order valence-electron chi connectivity index (χ4n) is 3.03. The summed E-state index contributed by atoms with van der Waals surface area (Å²) in [7, 11) is 0.794. The van der Waals surface area contributed by atoms with Crippen LogP contribution in [0.3, 0.4) is 0 Å². The van der Waals surface area contributed by atoms with Crippen LogP contribution >= 0.6 is 0 Å². The van der Waals surface area contributed by atoms with Gasteiger partial charge in [-0.2, -0.15) is 0 Å². The van der Waals surface area contributed by atoms with Crippen molar-refractivity contribution in [3.8, 4) is 16.9 Å². The van der Waals surface area contributed by atoms with E-state index in [4.69, 9.17) is 4.74 Å². The Balaban J connectivity index is 2.10. The lowest BCUT2D eigenvalue weighted by Crippen LogP contribution is -2.44. The molecule has 5 nitrogen and oxygen atoms in total. The lowest BCUT2D eigenvalue weighted by atomic mass is 10.0. The van der Waals surface area contributed by atoms with Crippen LogP contribution in [0.1, 0.15) is 19.8 Å². The first-order valence-corrected chi connectivity index (χ1v) is 11.9. The van der Waals surface area contributed by atoms with E-state index in [0.717, 1.165) is 40.5 Å². The van der Waals surface area contributed by atoms with Crippen LogP contribution in [0, 0.1) is 5.92 Å². The molecule has 6 heteroatoms. The van der Waals surface area contributed by atoms with E-state index in [0.29, 0.717) is 5.75 Å². The molecule has 0 saturated heterocycles. The van der Waals surface area contributed by atoms with Gasteiger partial charge in [0.05, 0.1) is 7.11 Å². The highest BCUT2D eigenvalue weighted by atomic mass is 28.4. The summed E-state index contributed by atoms with van der Waals surface area (Å²) in [6.07, 6.45) is 4.39. The zero-order valence-corrected chi connectivity index (χ0v) is 17.0. The Morgan fingerprint density at radius 3 is 2.69 bits per heavy atom. The molecule has 1 fully saturated rings. The van der Waals surface area contributed by atoms with Gasteiger partial charge in [0.2, 0.25) is 8.32 Å². The minimum atomic E-state index is -2.45. The van der Waals surface area contributed by atoms with Gasteiger partial charge in [-0.15, -0.1) is 0 Å². The minimum absolute atomic E-state index is 0.158. The molecule has 0 spiro atoms. The van der Waals surface area contributed by atoms with E-state index in [2.05, 4.69) is 17.4 Å². The number of rotatable bonds is 7. The second kappa shape index (κ2) is 7.29. The SMILES string of the molecule is CC[Si](C)(O)c1ccc(NCC2CC2)c(-c2cc(OC)c(=O)n(C)c2)c1. The predicted octanol–water partition coefficient (Wildman–Crippen LogP) is 2.68. The predicted molar refractivity (Wildman–Crippen MR) is 109 cm³/mol. The fourth-order valence-corrected chi connectivity index (χ4v) is 4.33. The summed E-state index contributed by atoms with van der Waals surface area (Å²) in [6.45, 7) is 4.95. The molecular formula is C20H28N2O3Si. The number of methoxy groups -OCH3 is 1. The number of nitrogens with one attached hydrogen (secondary N) is 1. The Morgan fingerprint density at radius 1 is 1.35 bits per heavy atom. The van der Waals surface area contributed by atoms with Crippen LogP contribution in [-0.4, -0.2) is 31.3 Å².